The van der Waals surface area contributed by atoms with E-state index in [0.717, 1.165) is 4.47 Å². The molecule has 0 aliphatic rings. The van der Waals surface area contributed by atoms with E-state index in [2.05, 4.69) is 54.3 Å². The fraction of sp³-hybridized carbons (Fsp3) is 0.115. The van der Waals surface area contributed by atoms with Crippen molar-refractivity contribution in [3.05, 3.63) is 92.3 Å². The lowest BCUT2D eigenvalue weighted by Gasteiger charge is -2.12. The zero-order chi connectivity index (χ0) is 26.8. The molecule has 8 nitrogen and oxygen atoms in total. The number of ether oxygens (including phenoxy) is 3. The van der Waals surface area contributed by atoms with Gasteiger partial charge < -0.3 is 19.5 Å². The number of anilines is 1. The third-order valence-electron chi connectivity index (χ3n) is 4.66. The molecule has 3 aromatic carbocycles. The molecule has 2 amide bonds. The van der Waals surface area contributed by atoms with E-state index in [1.54, 1.807) is 60.7 Å². The SMILES string of the molecule is C=CCOc1ccc(C(=O)N/N=C/c2cc(Br)cc(Br)c2OCC(=O)Nc2ccc(Cl)cc2)cc1OC. The molecule has 0 radical (unpaired) electrons. The summed E-state index contributed by atoms with van der Waals surface area (Å²) < 4.78 is 17.9. The number of carbonyl (C=O) groups excluding carboxylic acids is 2. The van der Waals surface area contributed by atoms with Crippen molar-refractivity contribution in [2.75, 3.05) is 25.6 Å². The molecule has 192 valence electrons. The van der Waals surface area contributed by atoms with Crippen molar-refractivity contribution < 1.29 is 23.8 Å². The molecule has 0 aliphatic heterocycles. The van der Waals surface area contributed by atoms with Gasteiger partial charge in [0.15, 0.2) is 18.1 Å². The van der Waals surface area contributed by atoms with E-state index in [0.29, 0.717) is 50.2 Å². The minimum absolute atomic E-state index is 0.254. The third kappa shape index (κ3) is 8.34. The van der Waals surface area contributed by atoms with Crippen LogP contribution >= 0.6 is 43.5 Å². The summed E-state index contributed by atoms with van der Waals surface area (Å²) >= 11 is 12.7. The highest BCUT2D eigenvalue weighted by Crippen LogP contribution is 2.32. The molecule has 37 heavy (non-hydrogen) atoms. The van der Waals surface area contributed by atoms with Gasteiger partial charge in [-0.1, -0.05) is 40.2 Å². The van der Waals surface area contributed by atoms with Crippen molar-refractivity contribution >= 4 is 67.2 Å². The van der Waals surface area contributed by atoms with Crippen molar-refractivity contribution in [1.82, 2.24) is 5.43 Å². The van der Waals surface area contributed by atoms with Crippen molar-refractivity contribution in [3.63, 3.8) is 0 Å². The number of hydrazone groups is 1. The summed E-state index contributed by atoms with van der Waals surface area (Å²) in [5, 5.41) is 7.34. The molecule has 0 aliphatic carbocycles. The van der Waals surface area contributed by atoms with Crippen LogP contribution in [0.3, 0.4) is 0 Å². The number of methoxy groups -OCH3 is 1. The monoisotopic (exact) mass is 649 g/mol. The summed E-state index contributed by atoms with van der Waals surface area (Å²) in [6.45, 7) is 3.66. The molecule has 0 unspecified atom stereocenters. The van der Waals surface area contributed by atoms with Gasteiger partial charge in [-0.05, 0) is 70.5 Å². The Morgan fingerprint density at radius 2 is 1.81 bits per heavy atom. The molecule has 0 aromatic heterocycles. The van der Waals surface area contributed by atoms with Crippen LogP contribution in [-0.4, -0.2) is 38.4 Å². The van der Waals surface area contributed by atoms with E-state index in [1.807, 2.05) is 0 Å². The van der Waals surface area contributed by atoms with E-state index >= 15 is 0 Å². The lowest BCUT2D eigenvalue weighted by molar-refractivity contribution is -0.118. The molecule has 0 saturated heterocycles. The molecule has 0 bridgehead atoms. The van der Waals surface area contributed by atoms with E-state index < -0.39 is 5.91 Å². The average Bonchev–Trinajstić information content (AvgIpc) is 2.88. The fourth-order valence-electron chi connectivity index (χ4n) is 3.00. The van der Waals surface area contributed by atoms with Gasteiger partial charge in [0.1, 0.15) is 12.4 Å². The van der Waals surface area contributed by atoms with Crippen LogP contribution in [0.5, 0.6) is 17.2 Å². The molecule has 2 N–H and O–H groups in total. The predicted octanol–water partition coefficient (Wildman–Crippen LogP) is 6.22. The quantitative estimate of drug-likeness (QED) is 0.146. The summed E-state index contributed by atoms with van der Waals surface area (Å²) in [6, 6.07) is 15.0. The first-order valence-electron chi connectivity index (χ1n) is 10.7. The normalized spacial score (nSPS) is 10.6. The number of nitrogens with one attached hydrogen (secondary N) is 2. The molecule has 0 atom stereocenters. The first-order chi connectivity index (χ1) is 17.8. The highest BCUT2D eigenvalue weighted by molar-refractivity contribution is 9.11. The summed E-state index contributed by atoms with van der Waals surface area (Å²) in [5.74, 6) is 0.453. The molecule has 0 heterocycles. The smallest absolute Gasteiger partial charge is 0.271 e. The van der Waals surface area contributed by atoms with Gasteiger partial charge in [0.25, 0.3) is 11.8 Å². The minimum Gasteiger partial charge on any atom is -0.493 e. The Bertz CT molecular complexity index is 1320. The van der Waals surface area contributed by atoms with Gasteiger partial charge in [-0.3, -0.25) is 9.59 Å². The van der Waals surface area contributed by atoms with Crippen molar-refractivity contribution in [3.8, 4) is 17.2 Å². The number of halogens is 3. The van der Waals surface area contributed by atoms with Gasteiger partial charge in [0, 0.05) is 26.3 Å². The van der Waals surface area contributed by atoms with Gasteiger partial charge in [-0.25, -0.2) is 5.43 Å². The molecule has 3 rings (SSSR count). The summed E-state index contributed by atoms with van der Waals surface area (Å²) in [4.78, 5) is 25.0. The topological polar surface area (TPSA) is 98.3 Å². The van der Waals surface area contributed by atoms with Gasteiger partial charge in [-0.2, -0.15) is 5.10 Å². The average molecular weight is 652 g/mol. The van der Waals surface area contributed by atoms with Crippen LogP contribution in [0.1, 0.15) is 15.9 Å². The Kier molecular flexibility index (Phi) is 10.6. The second-order valence-corrected chi connectivity index (χ2v) is 9.52. The number of carbonyl (C=O) groups is 2. The number of amides is 2. The number of nitrogens with zero attached hydrogens (tertiary/aromatic N) is 1. The van der Waals surface area contributed by atoms with E-state index in [-0.39, 0.29) is 12.5 Å². The Balaban J connectivity index is 1.67. The maximum atomic E-state index is 12.6. The first-order valence-corrected chi connectivity index (χ1v) is 12.7. The summed E-state index contributed by atoms with van der Waals surface area (Å²) in [7, 11) is 1.48. The molecule has 0 fully saturated rings. The number of rotatable bonds is 11. The Hall–Kier alpha value is -3.34. The predicted molar refractivity (Wildman–Crippen MR) is 151 cm³/mol. The first kappa shape index (κ1) is 28.2. The third-order valence-corrected chi connectivity index (χ3v) is 5.96. The van der Waals surface area contributed by atoms with Gasteiger partial charge >= 0.3 is 0 Å². The maximum absolute atomic E-state index is 12.6. The zero-order valence-corrected chi connectivity index (χ0v) is 23.5. The molecular weight excluding hydrogens is 630 g/mol. The number of hydrogen-bond acceptors (Lipinski definition) is 6. The van der Waals surface area contributed by atoms with Crippen molar-refractivity contribution in [2.45, 2.75) is 0 Å². The standard InChI is InChI=1S/C26H22Br2ClN3O5/c1-3-10-36-22-9-4-16(12-23(22)35-2)26(34)32-30-14-17-11-18(27)13-21(28)25(17)37-15-24(33)31-20-7-5-19(29)6-8-20/h3-9,11-14H,1,10,15H2,2H3,(H,31,33)(H,32,34)/b30-14+. The maximum Gasteiger partial charge on any atom is 0.271 e. The minimum atomic E-state index is -0.455. The Morgan fingerprint density at radius 3 is 2.51 bits per heavy atom. The fourth-order valence-corrected chi connectivity index (χ4v) is 4.50. The summed E-state index contributed by atoms with van der Waals surface area (Å²) in [5.41, 5.74) is 3.91. The van der Waals surface area contributed by atoms with E-state index in [9.17, 15) is 9.59 Å². The van der Waals surface area contributed by atoms with E-state index in [4.69, 9.17) is 25.8 Å². The van der Waals surface area contributed by atoms with Crippen LogP contribution in [0.25, 0.3) is 0 Å². The summed E-state index contributed by atoms with van der Waals surface area (Å²) in [6.07, 6.45) is 3.03. The lowest BCUT2D eigenvalue weighted by Crippen LogP contribution is -2.21. The highest BCUT2D eigenvalue weighted by Gasteiger charge is 2.13. The molecule has 0 saturated carbocycles. The Morgan fingerprint density at radius 1 is 1.05 bits per heavy atom. The van der Waals surface area contributed by atoms with E-state index in [1.165, 1.54) is 13.3 Å². The van der Waals surface area contributed by atoms with Crippen LogP contribution in [0.2, 0.25) is 5.02 Å². The number of benzene rings is 3. The van der Waals surface area contributed by atoms with Crippen LogP contribution in [-0.2, 0) is 4.79 Å². The molecule has 0 spiro atoms. The largest absolute Gasteiger partial charge is 0.493 e. The highest BCUT2D eigenvalue weighted by atomic mass is 79.9. The molecular formula is C26H22Br2ClN3O5. The van der Waals surface area contributed by atoms with Gasteiger partial charge in [0.05, 0.1) is 17.8 Å². The van der Waals surface area contributed by atoms with Crippen LogP contribution in [0.15, 0.2) is 81.3 Å². The Labute approximate surface area is 235 Å². The van der Waals surface area contributed by atoms with Crippen molar-refractivity contribution in [1.29, 1.82) is 0 Å². The van der Waals surface area contributed by atoms with Crippen LogP contribution < -0.4 is 25.0 Å². The zero-order valence-electron chi connectivity index (χ0n) is 19.6. The second-order valence-electron chi connectivity index (χ2n) is 7.31. The van der Waals surface area contributed by atoms with Crippen molar-refractivity contribution in [2.24, 2.45) is 5.10 Å². The van der Waals surface area contributed by atoms with Gasteiger partial charge in [0.2, 0.25) is 0 Å². The van der Waals surface area contributed by atoms with Crippen LogP contribution in [0, 0.1) is 0 Å². The van der Waals surface area contributed by atoms with Gasteiger partial charge in [-0.15, -0.1) is 0 Å². The van der Waals surface area contributed by atoms with Crippen LogP contribution in [0.4, 0.5) is 5.69 Å². The number of hydrogen-bond donors (Lipinski definition) is 2. The lowest BCUT2D eigenvalue weighted by atomic mass is 10.2. The second kappa shape index (κ2) is 13.8. The molecule has 11 heteroatoms. The molecule has 3 aromatic rings.